The lowest BCUT2D eigenvalue weighted by Crippen LogP contribution is -2.57. The van der Waals surface area contributed by atoms with Crippen LogP contribution in [0.1, 0.15) is 70.7 Å². The molecule has 2 aromatic rings. The monoisotopic (exact) mass is 579 g/mol. The van der Waals surface area contributed by atoms with Crippen molar-refractivity contribution in [2.24, 2.45) is 11.1 Å². The summed E-state index contributed by atoms with van der Waals surface area (Å²) in [7, 11) is 0. The van der Waals surface area contributed by atoms with E-state index >= 15 is 0 Å². The number of thiazole rings is 1. The Morgan fingerprint density at radius 3 is 2.41 bits per heavy atom. The van der Waals surface area contributed by atoms with E-state index < -0.39 is 23.6 Å². The second-order valence-electron chi connectivity index (χ2n) is 11.1. The SMILES string of the molecule is Cc1ncsc1-c1ccc(C(C)NC(=O)C2CC(O)CN2C(=O)C(NC(=O)CCCCN)C(C)(C)C)cc1.Cl. The van der Waals surface area contributed by atoms with Crippen molar-refractivity contribution in [2.75, 3.05) is 13.1 Å². The number of benzene rings is 1. The number of aliphatic hydroxyl groups excluding tert-OH is 1. The van der Waals surface area contributed by atoms with Crippen molar-refractivity contribution in [1.29, 1.82) is 0 Å². The molecule has 0 radical (unpaired) electrons. The molecule has 1 aliphatic rings. The molecule has 0 saturated carbocycles. The van der Waals surface area contributed by atoms with Crippen molar-refractivity contribution in [3.8, 4) is 10.4 Å². The number of rotatable bonds is 10. The van der Waals surface area contributed by atoms with Gasteiger partial charge in [-0.3, -0.25) is 14.4 Å². The third-order valence-electron chi connectivity index (χ3n) is 6.92. The minimum atomic E-state index is -0.825. The summed E-state index contributed by atoms with van der Waals surface area (Å²) in [5.41, 5.74) is 9.74. The fourth-order valence-electron chi connectivity index (χ4n) is 4.68. The van der Waals surface area contributed by atoms with Gasteiger partial charge in [0.15, 0.2) is 0 Å². The van der Waals surface area contributed by atoms with E-state index in [4.69, 9.17) is 5.73 Å². The van der Waals surface area contributed by atoms with Crippen LogP contribution < -0.4 is 16.4 Å². The van der Waals surface area contributed by atoms with Gasteiger partial charge in [-0.1, -0.05) is 45.0 Å². The largest absolute Gasteiger partial charge is 0.391 e. The summed E-state index contributed by atoms with van der Waals surface area (Å²) in [6.07, 6.45) is 0.988. The molecule has 1 saturated heterocycles. The number of unbranched alkanes of at least 4 members (excludes halogenated alkanes) is 1. The van der Waals surface area contributed by atoms with Crippen molar-refractivity contribution in [3.63, 3.8) is 0 Å². The number of hydrogen-bond donors (Lipinski definition) is 4. The van der Waals surface area contributed by atoms with Gasteiger partial charge in [-0.05, 0) is 49.8 Å². The van der Waals surface area contributed by atoms with Crippen molar-refractivity contribution >= 4 is 41.5 Å². The first-order valence-corrected chi connectivity index (χ1v) is 14.1. The maximum absolute atomic E-state index is 13.6. The summed E-state index contributed by atoms with van der Waals surface area (Å²) in [6, 6.07) is 6.03. The van der Waals surface area contributed by atoms with Gasteiger partial charge in [-0.15, -0.1) is 23.7 Å². The Labute approximate surface area is 241 Å². The van der Waals surface area contributed by atoms with Gasteiger partial charge in [0, 0.05) is 19.4 Å². The Kier molecular flexibility index (Phi) is 11.9. The molecule has 3 amide bonds. The Balaban J connectivity index is 0.00000533. The second kappa shape index (κ2) is 14.2. The summed E-state index contributed by atoms with van der Waals surface area (Å²) < 4.78 is 0. The molecule has 0 bridgehead atoms. The number of aliphatic hydroxyl groups is 1. The number of β-amino-alcohol motifs (C(OH)–C–C–N with tert-alkyl or cyclic N) is 1. The van der Waals surface area contributed by atoms with Crippen LogP contribution in [-0.2, 0) is 14.4 Å². The first kappa shape index (κ1) is 32.7. The number of amides is 3. The summed E-state index contributed by atoms with van der Waals surface area (Å²) >= 11 is 1.59. The van der Waals surface area contributed by atoms with Crippen molar-refractivity contribution in [2.45, 2.75) is 84.5 Å². The minimum Gasteiger partial charge on any atom is -0.391 e. The maximum Gasteiger partial charge on any atom is 0.246 e. The zero-order chi connectivity index (χ0) is 28.0. The molecule has 1 aromatic carbocycles. The summed E-state index contributed by atoms with van der Waals surface area (Å²) in [5.74, 6) is -0.914. The van der Waals surface area contributed by atoms with Gasteiger partial charge in [0.05, 0.1) is 28.2 Å². The van der Waals surface area contributed by atoms with Gasteiger partial charge >= 0.3 is 0 Å². The number of nitrogens with one attached hydrogen (secondary N) is 2. The average molecular weight is 580 g/mol. The Hall–Kier alpha value is -2.53. The standard InChI is InChI=1S/C28H41N5O4S.ClH/c1-17(19-9-11-20(12-10-19)24-18(2)30-16-38-24)31-26(36)22-14-21(34)15-33(22)27(37)25(28(3,4)5)32-23(35)8-6-7-13-29;/h9-12,16-17,21-22,25,34H,6-8,13-15,29H2,1-5H3,(H,31,36)(H,32,35);1H. The molecule has 5 N–H and O–H groups in total. The zero-order valence-corrected chi connectivity index (χ0v) is 25.0. The molecule has 0 aliphatic carbocycles. The molecule has 1 fully saturated rings. The third kappa shape index (κ3) is 8.48. The normalized spacial score (nSPS) is 18.7. The highest BCUT2D eigenvalue weighted by molar-refractivity contribution is 7.13. The predicted molar refractivity (Wildman–Crippen MR) is 157 cm³/mol. The highest BCUT2D eigenvalue weighted by atomic mass is 35.5. The van der Waals surface area contributed by atoms with Crippen LogP contribution >= 0.6 is 23.7 Å². The second-order valence-corrected chi connectivity index (χ2v) is 12.0. The average Bonchev–Trinajstić information content (AvgIpc) is 3.47. The van der Waals surface area contributed by atoms with Crippen LogP contribution in [0.4, 0.5) is 0 Å². The number of carbonyl (C=O) groups is 3. The number of halogens is 1. The van der Waals surface area contributed by atoms with Gasteiger partial charge in [0.25, 0.3) is 0 Å². The molecule has 1 aliphatic heterocycles. The van der Waals surface area contributed by atoms with Crippen LogP contribution in [0.2, 0.25) is 0 Å². The first-order chi connectivity index (χ1) is 17.9. The van der Waals surface area contributed by atoms with E-state index in [1.165, 1.54) is 4.90 Å². The van der Waals surface area contributed by atoms with Gasteiger partial charge < -0.3 is 26.4 Å². The van der Waals surface area contributed by atoms with Crippen LogP contribution in [0.25, 0.3) is 10.4 Å². The summed E-state index contributed by atoms with van der Waals surface area (Å²) in [5, 5.41) is 16.3. The Bertz CT molecular complexity index is 1120. The van der Waals surface area contributed by atoms with Gasteiger partial charge in [0.2, 0.25) is 17.7 Å². The van der Waals surface area contributed by atoms with Crippen LogP contribution in [0.5, 0.6) is 0 Å². The molecule has 1 aromatic heterocycles. The van der Waals surface area contributed by atoms with Crippen molar-refractivity contribution in [3.05, 3.63) is 41.0 Å². The molecule has 2 heterocycles. The number of likely N-dealkylation sites (tertiary alicyclic amines) is 1. The lowest BCUT2D eigenvalue weighted by Gasteiger charge is -2.35. The van der Waals surface area contributed by atoms with Crippen LogP contribution in [0, 0.1) is 12.3 Å². The molecule has 39 heavy (non-hydrogen) atoms. The lowest BCUT2D eigenvalue weighted by atomic mass is 9.85. The van der Waals surface area contributed by atoms with E-state index in [1.54, 1.807) is 11.3 Å². The van der Waals surface area contributed by atoms with Crippen molar-refractivity contribution < 1.29 is 19.5 Å². The fraction of sp³-hybridized carbons (Fsp3) is 0.571. The Morgan fingerprint density at radius 1 is 1.18 bits per heavy atom. The number of aromatic nitrogens is 1. The van der Waals surface area contributed by atoms with E-state index in [0.29, 0.717) is 13.0 Å². The number of nitrogens with two attached hydrogens (primary N) is 1. The molecule has 0 spiro atoms. The molecule has 11 heteroatoms. The Morgan fingerprint density at radius 2 is 1.85 bits per heavy atom. The molecule has 9 nitrogen and oxygen atoms in total. The van der Waals surface area contributed by atoms with Crippen LogP contribution in [-0.4, -0.2) is 64.0 Å². The number of hydrogen-bond acceptors (Lipinski definition) is 7. The quantitative estimate of drug-likeness (QED) is 0.319. The molecular weight excluding hydrogens is 538 g/mol. The zero-order valence-electron chi connectivity index (χ0n) is 23.4. The van der Waals surface area contributed by atoms with E-state index in [0.717, 1.165) is 28.1 Å². The van der Waals surface area contributed by atoms with E-state index in [-0.39, 0.29) is 55.6 Å². The molecule has 216 valence electrons. The highest BCUT2D eigenvalue weighted by Gasteiger charge is 2.44. The predicted octanol–water partition coefficient (Wildman–Crippen LogP) is 3.34. The molecule has 4 atom stereocenters. The minimum absolute atomic E-state index is 0. The number of nitrogens with zero attached hydrogens (tertiary/aromatic N) is 2. The summed E-state index contributed by atoms with van der Waals surface area (Å²) in [6.45, 7) is 10.0. The van der Waals surface area contributed by atoms with Crippen molar-refractivity contribution in [1.82, 2.24) is 20.5 Å². The highest BCUT2D eigenvalue weighted by Crippen LogP contribution is 2.29. The number of aryl methyl sites for hydroxylation is 1. The maximum atomic E-state index is 13.6. The lowest BCUT2D eigenvalue weighted by molar-refractivity contribution is -0.144. The van der Waals surface area contributed by atoms with Gasteiger partial charge in [-0.25, -0.2) is 4.98 Å². The molecule has 3 rings (SSSR count). The fourth-order valence-corrected chi connectivity index (χ4v) is 5.49. The van der Waals surface area contributed by atoms with E-state index in [2.05, 4.69) is 15.6 Å². The van der Waals surface area contributed by atoms with Crippen LogP contribution in [0.3, 0.4) is 0 Å². The smallest absolute Gasteiger partial charge is 0.246 e. The van der Waals surface area contributed by atoms with E-state index in [9.17, 15) is 19.5 Å². The van der Waals surface area contributed by atoms with Gasteiger partial charge in [-0.2, -0.15) is 0 Å². The molecule has 4 unspecified atom stereocenters. The van der Waals surface area contributed by atoms with Crippen LogP contribution in [0.15, 0.2) is 29.8 Å². The first-order valence-electron chi connectivity index (χ1n) is 13.2. The molecular formula is C28H42ClN5O4S. The summed E-state index contributed by atoms with van der Waals surface area (Å²) in [4.78, 5) is 46.4. The van der Waals surface area contributed by atoms with Gasteiger partial charge in [0.1, 0.15) is 12.1 Å². The third-order valence-corrected chi connectivity index (χ3v) is 7.90. The number of carbonyl (C=O) groups excluding carboxylic acids is 3. The topological polar surface area (TPSA) is 138 Å². The van der Waals surface area contributed by atoms with E-state index in [1.807, 2.05) is 64.4 Å².